The van der Waals surface area contributed by atoms with Gasteiger partial charge in [0.2, 0.25) is 0 Å². The van der Waals surface area contributed by atoms with Crippen molar-refractivity contribution in [2.75, 3.05) is 6.54 Å². The lowest BCUT2D eigenvalue weighted by Crippen LogP contribution is -2.37. The molecule has 1 N–H and O–H groups in total. The summed E-state index contributed by atoms with van der Waals surface area (Å²) >= 11 is 6.04. The molecule has 0 aromatic heterocycles. The van der Waals surface area contributed by atoms with Gasteiger partial charge >= 0.3 is 0 Å². The van der Waals surface area contributed by atoms with E-state index in [0.717, 1.165) is 24.4 Å². The number of hydrogen-bond acceptors (Lipinski definition) is 1. The van der Waals surface area contributed by atoms with Crippen LogP contribution in [0.25, 0.3) is 0 Å². The van der Waals surface area contributed by atoms with Crippen molar-refractivity contribution in [2.45, 2.75) is 46.6 Å². The summed E-state index contributed by atoms with van der Waals surface area (Å²) in [5, 5.41) is 4.57. The molecule has 0 amide bonds. The van der Waals surface area contributed by atoms with E-state index >= 15 is 0 Å². The molecule has 18 heavy (non-hydrogen) atoms. The van der Waals surface area contributed by atoms with Crippen LogP contribution in [0.5, 0.6) is 0 Å². The molecule has 2 rings (SSSR count). The quantitative estimate of drug-likeness (QED) is 0.868. The highest BCUT2D eigenvalue weighted by Crippen LogP contribution is 2.27. The van der Waals surface area contributed by atoms with Crippen molar-refractivity contribution in [2.24, 2.45) is 11.3 Å². The monoisotopic (exact) mass is 265 g/mol. The first-order valence-electron chi connectivity index (χ1n) is 6.87. The summed E-state index contributed by atoms with van der Waals surface area (Å²) in [4.78, 5) is 0. The highest BCUT2D eigenvalue weighted by atomic mass is 35.5. The van der Waals surface area contributed by atoms with Gasteiger partial charge in [0.1, 0.15) is 0 Å². The zero-order valence-electron chi connectivity index (χ0n) is 11.9. The zero-order valence-corrected chi connectivity index (χ0v) is 12.6. The predicted octanol–water partition coefficient (Wildman–Crippen LogP) is 4.08. The Morgan fingerprint density at radius 3 is 2.61 bits per heavy atom. The molecule has 0 saturated heterocycles. The summed E-state index contributed by atoms with van der Waals surface area (Å²) in [6.07, 6.45) is 2.26. The van der Waals surface area contributed by atoms with Crippen molar-refractivity contribution in [1.82, 2.24) is 5.32 Å². The van der Waals surface area contributed by atoms with Gasteiger partial charge < -0.3 is 5.32 Å². The smallest absolute Gasteiger partial charge is 0.0408 e. The minimum atomic E-state index is 0.377. The normalized spacial score (nSPS) is 20.8. The maximum Gasteiger partial charge on any atom is 0.0408 e. The van der Waals surface area contributed by atoms with Gasteiger partial charge in [0.15, 0.2) is 0 Å². The number of fused-ring (bicyclic) bond motifs is 1. The summed E-state index contributed by atoms with van der Waals surface area (Å²) in [6.45, 7) is 10.3. The standard InChI is InChI=1S/C16H24ClN/c1-11(16(2,3)4)10-18-15-8-12-5-6-14(17)7-13(12)9-15/h5-7,11,15,18H,8-10H2,1-4H3. The molecule has 2 unspecified atom stereocenters. The molecule has 1 aromatic rings. The SMILES string of the molecule is CC(CNC1Cc2ccc(Cl)cc2C1)C(C)(C)C. The lowest BCUT2D eigenvalue weighted by Gasteiger charge is -2.28. The Labute approximate surface area is 116 Å². The molecule has 1 nitrogen and oxygen atoms in total. The topological polar surface area (TPSA) is 12.0 Å². The number of halogens is 1. The lowest BCUT2D eigenvalue weighted by molar-refractivity contribution is 0.245. The fraction of sp³-hybridized carbons (Fsp3) is 0.625. The largest absolute Gasteiger partial charge is 0.313 e. The first-order chi connectivity index (χ1) is 8.36. The van der Waals surface area contributed by atoms with Gasteiger partial charge in [0, 0.05) is 11.1 Å². The molecule has 1 aromatic carbocycles. The van der Waals surface area contributed by atoms with Crippen LogP contribution in [-0.2, 0) is 12.8 Å². The average molecular weight is 266 g/mol. The van der Waals surface area contributed by atoms with Crippen LogP contribution >= 0.6 is 11.6 Å². The van der Waals surface area contributed by atoms with E-state index in [1.165, 1.54) is 11.1 Å². The molecule has 2 atom stereocenters. The van der Waals surface area contributed by atoms with E-state index in [0.29, 0.717) is 17.4 Å². The third-order valence-electron chi connectivity index (χ3n) is 4.29. The van der Waals surface area contributed by atoms with Gasteiger partial charge in [-0.15, -0.1) is 0 Å². The summed E-state index contributed by atoms with van der Waals surface area (Å²) in [5.41, 5.74) is 3.26. The molecule has 0 fully saturated rings. The Morgan fingerprint density at radius 2 is 1.94 bits per heavy atom. The van der Waals surface area contributed by atoms with Gasteiger partial charge in [0.05, 0.1) is 0 Å². The van der Waals surface area contributed by atoms with E-state index in [1.54, 1.807) is 0 Å². The van der Waals surface area contributed by atoms with Crippen LogP contribution in [0, 0.1) is 11.3 Å². The summed E-state index contributed by atoms with van der Waals surface area (Å²) < 4.78 is 0. The molecule has 0 aliphatic heterocycles. The third kappa shape index (κ3) is 3.27. The Balaban J connectivity index is 1.89. The Kier molecular flexibility index (Phi) is 4.03. The van der Waals surface area contributed by atoms with Gasteiger partial charge in [-0.25, -0.2) is 0 Å². The first-order valence-corrected chi connectivity index (χ1v) is 7.25. The fourth-order valence-electron chi connectivity index (χ4n) is 2.38. The molecule has 0 bridgehead atoms. The average Bonchev–Trinajstić information content (AvgIpc) is 2.66. The van der Waals surface area contributed by atoms with Crippen LogP contribution in [0.2, 0.25) is 5.02 Å². The second-order valence-corrected chi connectivity index (χ2v) is 7.13. The van der Waals surface area contributed by atoms with Crippen LogP contribution < -0.4 is 5.32 Å². The summed E-state index contributed by atoms with van der Waals surface area (Å²) in [7, 11) is 0. The molecule has 0 saturated carbocycles. The van der Waals surface area contributed by atoms with E-state index < -0.39 is 0 Å². The Hall–Kier alpha value is -0.530. The van der Waals surface area contributed by atoms with Crippen LogP contribution in [0.4, 0.5) is 0 Å². The van der Waals surface area contributed by atoms with Crippen molar-refractivity contribution in [1.29, 1.82) is 0 Å². The molecule has 0 heterocycles. The molecular weight excluding hydrogens is 242 g/mol. The van der Waals surface area contributed by atoms with Crippen molar-refractivity contribution >= 4 is 11.6 Å². The Bertz CT molecular complexity index is 420. The van der Waals surface area contributed by atoms with E-state index in [1.807, 2.05) is 6.07 Å². The minimum Gasteiger partial charge on any atom is -0.313 e. The van der Waals surface area contributed by atoms with Gasteiger partial charge in [-0.3, -0.25) is 0 Å². The second kappa shape index (κ2) is 5.22. The van der Waals surface area contributed by atoms with Crippen molar-refractivity contribution < 1.29 is 0 Å². The van der Waals surface area contributed by atoms with Gasteiger partial charge in [0.25, 0.3) is 0 Å². The lowest BCUT2D eigenvalue weighted by atomic mass is 9.82. The number of hydrogen-bond donors (Lipinski definition) is 1. The van der Waals surface area contributed by atoms with Gasteiger partial charge in [-0.1, -0.05) is 45.4 Å². The number of benzene rings is 1. The van der Waals surface area contributed by atoms with Crippen molar-refractivity contribution in [3.05, 3.63) is 34.3 Å². The van der Waals surface area contributed by atoms with E-state index in [4.69, 9.17) is 11.6 Å². The highest BCUT2D eigenvalue weighted by molar-refractivity contribution is 6.30. The predicted molar refractivity (Wildman–Crippen MR) is 79.3 cm³/mol. The highest BCUT2D eigenvalue weighted by Gasteiger charge is 2.24. The third-order valence-corrected chi connectivity index (χ3v) is 4.53. The molecule has 0 spiro atoms. The van der Waals surface area contributed by atoms with Crippen LogP contribution in [0.3, 0.4) is 0 Å². The van der Waals surface area contributed by atoms with Crippen LogP contribution in [-0.4, -0.2) is 12.6 Å². The molecule has 1 aliphatic carbocycles. The van der Waals surface area contributed by atoms with E-state index in [9.17, 15) is 0 Å². The molecule has 0 radical (unpaired) electrons. The first kappa shape index (κ1) is 13.9. The summed E-state index contributed by atoms with van der Waals surface area (Å²) in [5.74, 6) is 0.685. The second-order valence-electron chi connectivity index (χ2n) is 6.69. The van der Waals surface area contributed by atoms with E-state index in [2.05, 4.69) is 45.1 Å². The van der Waals surface area contributed by atoms with Crippen molar-refractivity contribution in [3.63, 3.8) is 0 Å². The maximum absolute atomic E-state index is 6.04. The maximum atomic E-state index is 6.04. The molecule has 2 heteroatoms. The summed E-state index contributed by atoms with van der Waals surface area (Å²) in [6, 6.07) is 6.88. The molecule has 100 valence electrons. The minimum absolute atomic E-state index is 0.377. The number of nitrogens with one attached hydrogen (secondary N) is 1. The Morgan fingerprint density at radius 1 is 1.28 bits per heavy atom. The van der Waals surface area contributed by atoms with Crippen molar-refractivity contribution in [3.8, 4) is 0 Å². The van der Waals surface area contributed by atoms with Gasteiger partial charge in [-0.2, -0.15) is 0 Å². The number of rotatable bonds is 3. The van der Waals surface area contributed by atoms with Crippen LogP contribution in [0.1, 0.15) is 38.8 Å². The molecular formula is C16H24ClN. The van der Waals surface area contributed by atoms with Gasteiger partial charge in [-0.05, 0) is 54.0 Å². The molecule has 1 aliphatic rings. The van der Waals surface area contributed by atoms with E-state index in [-0.39, 0.29) is 0 Å². The fourth-order valence-corrected chi connectivity index (χ4v) is 2.58. The van der Waals surface area contributed by atoms with Crippen LogP contribution in [0.15, 0.2) is 18.2 Å². The zero-order chi connectivity index (χ0) is 13.3.